The highest BCUT2D eigenvalue weighted by Crippen LogP contribution is 2.48. The summed E-state index contributed by atoms with van der Waals surface area (Å²) < 4.78 is 5.91. The van der Waals surface area contributed by atoms with E-state index in [1.54, 1.807) is 12.1 Å². The van der Waals surface area contributed by atoms with Gasteiger partial charge in [-0.3, -0.25) is 24.7 Å². The van der Waals surface area contributed by atoms with E-state index in [2.05, 4.69) is 0 Å². The van der Waals surface area contributed by atoms with Gasteiger partial charge < -0.3 is 4.74 Å². The van der Waals surface area contributed by atoms with Gasteiger partial charge in [-0.15, -0.1) is 0 Å². The summed E-state index contributed by atoms with van der Waals surface area (Å²) in [6.07, 6.45) is 5.90. The summed E-state index contributed by atoms with van der Waals surface area (Å²) in [5, 5.41) is 11.1. The van der Waals surface area contributed by atoms with Crippen molar-refractivity contribution in [1.82, 2.24) is 0 Å². The summed E-state index contributed by atoms with van der Waals surface area (Å²) in [6, 6.07) is 6.16. The maximum absolute atomic E-state index is 13.4. The molecule has 7 heteroatoms. The van der Waals surface area contributed by atoms with Crippen LogP contribution in [0.1, 0.15) is 77.2 Å². The molecular formula is C25H30N2O5. The van der Waals surface area contributed by atoms with Gasteiger partial charge in [-0.05, 0) is 50.0 Å². The molecule has 1 aliphatic heterocycles. The molecule has 0 saturated heterocycles. The van der Waals surface area contributed by atoms with Gasteiger partial charge in [0.15, 0.2) is 5.78 Å². The number of nitro groups is 1. The molecule has 0 N–H and O–H groups in total. The fourth-order valence-electron chi connectivity index (χ4n) is 5.33. The number of allylic oxidation sites excluding steroid dienone is 2. The molecule has 32 heavy (non-hydrogen) atoms. The number of ketones is 1. The molecule has 170 valence electrons. The van der Waals surface area contributed by atoms with E-state index in [1.165, 1.54) is 12.1 Å². The first-order valence-electron chi connectivity index (χ1n) is 11.4. The van der Waals surface area contributed by atoms with Crippen LogP contribution in [0.15, 0.2) is 40.5 Å². The van der Waals surface area contributed by atoms with Gasteiger partial charge in [-0.2, -0.15) is 0 Å². The van der Waals surface area contributed by atoms with E-state index in [-0.39, 0.29) is 29.0 Å². The number of non-ortho nitro benzene ring substituents is 1. The average molecular weight is 439 g/mol. The van der Waals surface area contributed by atoms with Crippen LogP contribution in [-0.4, -0.2) is 28.5 Å². The number of ether oxygens (including phenoxy) is 1. The van der Waals surface area contributed by atoms with Crippen LogP contribution >= 0.6 is 0 Å². The van der Waals surface area contributed by atoms with Crippen molar-refractivity contribution in [1.29, 1.82) is 0 Å². The van der Waals surface area contributed by atoms with Crippen molar-refractivity contribution < 1.29 is 19.2 Å². The topological polar surface area (TPSA) is 98.9 Å². The van der Waals surface area contributed by atoms with Crippen molar-refractivity contribution in [2.75, 3.05) is 0 Å². The molecule has 0 aromatic heterocycles. The molecule has 0 bridgehead atoms. The lowest BCUT2D eigenvalue weighted by Crippen LogP contribution is -2.40. The summed E-state index contributed by atoms with van der Waals surface area (Å²) >= 11 is 0. The molecule has 1 aromatic carbocycles. The molecule has 1 fully saturated rings. The van der Waals surface area contributed by atoms with Crippen molar-refractivity contribution in [3.05, 3.63) is 51.2 Å². The Kier molecular flexibility index (Phi) is 6.01. The molecule has 2 atom stereocenters. The van der Waals surface area contributed by atoms with Crippen molar-refractivity contribution in [3.8, 4) is 0 Å². The second kappa shape index (κ2) is 8.60. The first-order valence-corrected chi connectivity index (χ1v) is 11.4. The minimum Gasteiger partial charge on any atom is -0.462 e. The van der Waals surface area contributed by atoms with Crippen LogP contribution in [-0.2, 0) is 14.3 Å². The molecular weight excluding hydrogens is 408 g/mol. The molecule has 0 spiro atoms. The fourth-order valence-corrected chi connectivity index (χ4v) is 5.33. The Hall–Kier alpha value is -2.83. The van der Waals surface area contributed by atoms with E-state index >= 15 is 0 Å². The Labute approximate surface area is 188 Å². The van der Waals surface area contributed by atoms with E-state index in [0.717, 1.165) is 37.8 Å². The first kappa shape index (κ1) is 22.4. The van der Waals surface area contributed by atoms with Crippen LogP contribution in [0.25, 0.3) is 0 Å². The van der Waals surface area contributed by atoms with Crippen molar-refractivity contribution in [3.63, 3.8) is 0 Å². The highest BCUT2D eigenvalue weighted by Gasteiger charge is 2.46. The predicted molar refractivity (Wildman–Crippen MR) is 120 cm³/mol. The van der Waals surface area contributed by atoms with Crippen molar-refractivity contribution in [2.45, 2.75) is 77.7 Å². The van der Waals surface area contributed by atoms with Gasteiger partial charge in [0.05, 0.1) is 4.92 Å². The van der Waals surface area contributed by atoms with Crippen molar-refractivity contribution in [2.24, 2.45) is 16.3 Å². The summed E-state index contributed by atoms with van der Waals surface area (Å²) in [5.41, 5.74) is 2.41. The number of hydrogen-bond donors (Lipinski definition) is 0. The molecule has 3 aliphatic rings. The maximum atomic E-state index is 13.4. The first-order chi connectivity index (χ1) is 15.2. The average Bonchev–Trinajstić information content (AvgIpc) is 2.72. The SMILES string of the molecule is CC1=NC2=C(C(=O)CC(C)(C)C2)C(c2ccc([N+](=O)[O-])cc2)C1C(=O)OC1CCCCC1. The Morgan fingerprint density at radius 3 is 2.41 bits per heavy atom. The van der Waals surface area contributed by atoms with E-state index < -0.39 is 16.8 Å². The zero-order valence-electron chi connectivity index (χ0n) is 18.9. The van der Waals surface area contributed by atoms with Gasteiger partial charge in [0.25, 0.3) is 5.69 Å². The summed E-state index contributed by atoms with van der Waals surface area (Å²) in [4.78, 5) is 42.1. The minimum atomic E-state index is -0.706. The van der Waals surface area contributed by atoms with Crippen LogP contribution in [0.2, 0.25) is 0 Å². The number of esters is 1. The molecule has 0 amide bonds. The number of nitro benzene ring substituents is 1. The number of carbonyl (C=O) groups excluding carboxylic acids is 2. The van der Waals surface area contributed by atoms with Crippen LogP contribution in [0.4, 0.5) is 5.69 Å². The molecule has 0 radical (unpaired) electrons. The normalized spacial score (nSPS) is 25.7. The van der Waals surface area contributed by atoms with Gasteiger partial charge in [-0.25, -0.2) is 0 Å². The Bertz CT molecular complexity index is 1000. The number of nitrogens with zero attached hydrogens (tertiary/aromatic N) is 2. The van der Waals surface area contributed by atoms with Gasteiger partial charge in [0.2, 0.25) is 0 Å². The highest BCUT2D eigenvalue weighted by atomic mass is 16.6. The van der Waals surface area contributed by atoms with Gasteiger partial charge in [0, 0.05) is 41.5 Å². The lowest BCUT2D eigenvalue weighted by molar-refractivity contribution is -0.384. The Balaban J connectivity index is 1.75. The number of Topliss-reactive ketones (excluding diaryl/α,β-unsaturated/α-hetero) is 1. The number of rotatable bonds is 4. The van der Waals surface area contributed by atoms with Gasteiger partial charge >= 0.3 is 5.97 Å². The maximum Gasteiger partial charge on any atom is 0.315 e. The largest absolute Gasteiger partial charge is 0.462 e. The Morgan fingerprint density at radius 1 is 1.12 bits per heavy atom. The minimum absolute atomic E-state index is 0.00804. The summed E-state index contributed by atoms with van der Waals surface area (Å²) in [7, 11) is 0. The lowest BCUT2D eigenvalue weighted by Gasteiger charge is -2.39. The number of hydrogen-bond acceptors (Lipinski definition) is 6. The zero-order chi connectivity index (χ0) is 23.0. The van der Waals surface area contributed by atoms with Gasteiger partial charge in [-0.1, -0.05) is 32.4 Å². The van der Waals surface area contributed by atoms with E-state index in [9.17, 15) is 19.7 Å². The lowest BCUT2D eigenvalue weighted by atomic mass is 9.67. The quantitative estimate of drug-likeness (QED) is 0.361. The molecule has 2 aliphatic carbocycles. The second-order valence-electron chi connectivity index (χ2n) is 10.1. The third-order valence-electron chi connectivity index (χ3n) is 6.85. The molecule has 1 aromatic rings. The van der Waals surface area contributed by atoms with E-state index in [1.807, 2.05) is 20.8 Å². The van der Waals surface area contributed by atoms with E-state index in [4.69, 9.17) is 9.73 Å². The third kappa shape index (κ3) is 4.38. The summed E-state index contributed by atoms with van der Waals surface area (Å²) in [6.45, 7) is 5.91. The van der Waals surface area contributed by atoms with Crippen LogP contribution < -0.4 is 0 Å². The van der Waals surface area contributed by atoms with E-state index in [0.29, 0.717) is 29.7 Å². The number of aliphatic imine (C=N–C) groups is 1. The van der Waals surface area contributed by atoms with Gasteiger partial charge in [0.1, 0.15) is 12.0 Å². The standard InChI is InChI=1S/C25H30N2O5/c1-15-21(24(29)32-18-7-5-4-6-8-18)22(16-9-11-17(12-10-16)27(30)31)23-19(26-15)13-25(2,3)14-20(23)28/h9-12,18,21-22H,4-8,13-14H2,1-3H3. The van der Waals surface area contributed by atoms with Crippen molar-refractivity contribution >= 4 is 23.2 Å². The summed E-state index contributed by atoms with van der Waals surface area (Å²) in [5.74, 6) is -1.61. The molecule has 2 unspecified atom stereocenters. The third-order valence-corrected chi connectivity index (χ3v) is 6.85. The zero-order valence-corrected chi connectivity index (χ0v) is 18.9. The smallest absolute Gasteiger partial charge is 0.315 e. The second-order valence-corrected chi connectivity index (χ2v) is 10.1. The molecule has 4 rings (SSSR count). The Morgan fingerprint density at radius 2 is 1.78 bits per heavy atom. The van der Waals surface area contributed by atoms with Crippen LogP contribution in [0.3, 0.4) is 0 Å². The number of benzene rings is 1. The fraction of sp³-hybridized carbons (Fsp3) is 0.560. The highest BCUT2D eigenvalue weighted by molar-refractivity contribution is 6.09. The monoisotopic (exact) mass is 438 g/mol. The number of carbonyl (C=O) groups is 2. The predicted octanol–water partition coefficient (Wildman–Crippen LogP) is 5.29. The molecule has 7 nitrogen and oxygen atoms in total. The molecule has 1 saturated carbocycles. The molecule has 1 heterocycles. The van der Waals surface area contributed by atoms with Crippen LogP contribution in [0.5, 0.6) is 0 Å². The van der Waals surface area contributed by atoms with Crippen LogP contribution in [0, 0.1) is 21.4 Å².